The minimum Gasteiger partial charge on any atom is -0.375 e. The second kappa shape index (κ2) is 7.33. The molecule has 0 spiro atoms. The highest BCUT2D eigenvalue weighted by atomic mass is 32.2. The predicted molar refractivity (Wildman–Crippen MR) is 102 cm³/mol. The van der Waals surface area contributed by atoms with E-state index in [-0.39, 0.29) is 6.10 Å². The van der Waals surface area contributed by atoms with Crippen LogP contribution >= 0.6 is 11.8 Å². The van der Waals surface area contributed by atoms with Crippen LogP contribution < -0.4 is 0 Å². The molecule has 2 heterocycles. The largest absolute Gasteiger partial charge is 0.375 e. The van der Waals surface area contributed by atoms with Crippen molar-refractivity contribution in [3.63, 3.8) is 0 Å². The minimum absolute atomic E-state index is 0.270. The molecule has 5 rings (SSSR count). The van der Waals surface area contributed by atoms with Gasteiger partial charge in [-0.05, 0) is 31.2 Å². The van der Waals surface area contributed by atoms with Crippen LogP contribution in [0.15, 0.2) is 35.5 Å². The van der Waals surface area contributed by atoms with E-state index in [9.17, 15) is 0 Å². The van der Waals surface area contributed by atoms with Crippen LogP contribution in [0.5, 0.6) is 0 Å². The molecule has 0 unspecified atom stereocenters. The van der Waals surface area contributed by atoms with Gasteiger partial charge in [0.05, 0.1) is 12.7 Å². The Kier molecular flexibility index (Phi) is 4.73. The number of hydrogen-bond donors (Lipinski definition) is 0. The van der Waals surface area contributed by atoms with Crippen LogP contribution in [0.3, 0.4) is 0 Å². The van der Waals surface area contributed by atoms with Crippen LogP contribution in [-0.4, -0.2) is 51.2 Å². The molecule has 3 fully saturated rings. The molecule has 0 amide bonds. The second-order valence-corrected chi connectivity index (χ2v) is 8.73. The smallest absolute Gasteiger partial charge is 0.191 e. The number of ether oxygens (including phenoxy) is 1. The SMILES string of the molecule is c1ccc(CN2CCO[C@@H](CSc3nnc(C4CC4)n3C3CC3)C2)cc1. The van der Waals surface area contributed by atoms with Crippen molar-refractivity contribution < 1.29 is 4.74 Å². The number of thioether (sulfide) groups is 1. The number of rotatable bonds is 7. The summed E-state index contributed by atoms with van der Waals surface area (Å²) in [6.07, 6.45) is 5.42. The fourth-order valence-electron chi connectivity index (χ4n) is 3.72. The van der Waals surface area contributed by atoms with Gasteiger partial charge in [-0.2, -0.15) is 0 Å². The molecule has 1 aliphatic heterocycles. The average molecular weight is 371 g/mol. The summed E-state index contributed by atoms with van der Waals surface area (Å²) >= 11 is 1.83. The molecular formula is C20H26N4OS. The van der Waals surface area contributed by atoms with E-state index >= 15 is 0 Å². The molecule has 1 atom stereocenters. The zero-order valence-electron chi connectivity index (χ0n) is 15.1. The Bertz CT molecular complexity index is 742. The maximum Gasteiger partial charge on any atom is 0.191 e. The Morgan fingerprint density at radius 1 is 1.08 bits per heavy atom. The first-order chi connectivity index (χ1) is 12.9. The lowest BCUT2D eigenvalue weighted by Gasteiger charge is -2.32. The summed E-state index contributed by atoms with van der Waals surface area (Å²) < 4.78 is 8.47. The predicted octanol–water partition coefficient (Wildman–Crippen LogP) is 3.48. The molecule has 6 heteroatoms. The summed E-state index contributed by atoms with van der Waals surface area (Å²) in [6, 6.07) is 11.4. The van der Waals surface area contributed by atoms with Crippen molar-refractivity contribution in [2.75, 3.05) is 25.4 Å². The van der Waals surface area contributed by atoms with Crippen LogP contribution in [0.25, 0.3) is 0 Å². The zero-order chi connectivity index (χ0) is 17.3. The van der Waals surface area contributed by atoms with Crippen LogP contribution in [0.4, 0.5) is 0 Å². The van der Waals surface area contributed by atoms with Gasteiger partial charge >= 0.3 is 0 Å². The number of benzene rings is 1. The molecule has 1 saturated heterocycles. The van der Waals surface area contributed by atoms with Crippen LogP contribution in [-0.2, 0) is 11.3 Å². The van der Waals surface area contributed by atoms with Crippen molar-refractivity contribution in [2.45, 2.75) is 55.4 Å². The Morgan fingerprint density at radius 3 is 2.69 bits per heavy atom. The molecule has 138 valence electrons. The molecule has 5 nitrogen and oxygen atoms in total. The first-order valence-corrected chi connectivity index (χ1v) is 10.8. The van der Waals surface area contributed by atoms with Gasteiger partial charge in [-0.1, -0.05) is 42.1 Å². The van der Waals surface area contributed by atoms with E-state index < -0.39 is 0 Å². The summed E-state index contributed by atoms with van der Waals surface area (Å²) in [5.74, 6) is 2.87. The first-order valence-electron chi connectivity index (χ1n) is 9.82. The third-order valence-corrected chi connectivity index (χ3v) is 6.49. The molecule has 2 aromatic rings. The summed E-state index contributed by atoms with van der Waals surface area (Å²) in [5, 5.41) is 10.1. The van der Waals surface area contributed by atoms with E-state index in [1.165, 1.54) is 37.1 Å². The molecule has 2 aliphatic carbocycles. The quantitative estimate of drug-likeness (QED) is 0.698. The summed E-state index contributed by atoms with van der Waals surface area (Å²) in [5.41, 5.74) is 1.38. The van der Waals surface area contributed by atoms with Crippen LogP contribution in [0.2, 0.25) is 0 Å². The number of hydrogen-bond acceptors (Lipinski definition) is 5. The fraction of sp³-hybridized carbons (Fsp3) is 0.600. The Morgan fingerprint density at radius 2 is 1.92 bits per heavy atom. The molecule has 0 radical (unpaired) electrons. The summed E-state index contributed by atoms with van der Waals surface area (Å²) in [4.78, 5) is 2.51. The van der Waals surface area contributed by atoms with E-state index in [0.29, 0.717) is 12.0 Å². The Hall–Kier alpha value is -1.37. The number of morpholine rings is 1. The standard InChI is InChI=1S/C20H26N4OS/c1-2-4-15(5-3-1)12-23-10-11-25-18(13-23)14-26-20-22-21-19(16-6-7-16)24(20)17-8-9-17/h1-5,16-18H,6-14H2/t18-/m1/s1. The number of aromatic nitrogens is 3. The monoisotopic (exact) mass is 370 g/mol. The molecule has 0 bridgehead atoms. The van der Waals surface area contributed by atoms with Gasteiger partial charge < -0.3 is 9.30 Å². The van der Waals surface area contributed by atoms with Gasteiger partial charge in [0.25, 0.3) is 0 Å². The van der Waals surface area contributed by atoms with E-state index in [1.807, 2.05) is 11.8 Å². The molecule has 3 aliphatic rings. The number of nitrogens with zero attached hydrogens (tertiary/aromatic N) is 4. The molecule has 1 aromatic carbocycles. The lowest BCUT2D eigenvalue weighted by molar-refractivity contribution is -0.0187. The van der Waals surface area contributed by atoms with Gasteiger partial charge in [-0.15, -0.1) is 10.2 Å². The summed E-state index contributed by atoms with van der Waals surface area (Å²) in [6.45, 7) is 3.84. The molecule has 2 saturated carbocycles. The third-order valence-electron chi connectivity index (χ3n) is 5.42. The van der Waals surface area contributed by atoms with Gasteiger partial charge in [-0.3, -0.25) is 4.90 Å². The van der Waals surface area contributed by atoms with Gasteiger partial charge in [0.1, 0.15) is 5.82 Å². The fourth-order valence-corrected chi connectivity index (χ4v) is 4.73. The van der Waals surface area contributed by atoms with Gasteiger partial charge in [0.15, 0.2) is 5.16 Å². The summed E-state index contributed by atoms with van der Waals surface area (Å²) in [7, 11) is 0. The van der Waals surface area contributed by atoms with Gasteiger partial charge in [-0.25, -0.2) is 0 Å². The van der Waals surface area contributed by atoms with Crippen LogP contribution in [0.1, 0.15) is 49.0 Å². The Balaban J connectivity index is 1.19. The van der Waals surface area contributed by atoms with Crippen molar-refractivity contribution in [1.29, 1.82) is 0 Å². The highest BCUT2D eigenvalue weighted by Gasteiger charge is 2.36. The van der Waals surface area contributed by atoms with Crippen molar-refractivity contribution in [3.8, 4) is 0 Å². The minimum atomic E-state index is 0.270. The van der Waals surface area contributed by atoms with E-state index in [2.05, 4.69) is 50.0 Å². The van der Waals surface area contributed by atoms with E-state index in [4.69, 9.17) is 4.74 Å². The topological polar surface area (TPSA) is 43.2 Å². The average Bonchev–Trinajstić information content (AvgIpc) is 3.60. The highest BCUT2D eigenvalue weighted by Crippen LogP contribution is 2.46. The highest BCUT2D eigenvalue weighted by molar-refractivity contribution is 7.99. The van der Waals surface area contributed by atoms with Crippen molar-refractivity contribution in [3.05, 3.63) is 41.7 Å². The molecule has 1 aromatic heterocycles. The molecule has 26 heavy (non-hydrogen) atoms. The maximum absolute atomic E-state index is 6.03. The molecule has 0 N–H and O–H groups in total. The van der Waals surface area contributed by atoms with Gasteiger partial charge in [0, 0.05) is 37.3 Å². The Labute approximate surface area is 159 Å². The second-order valence-electron chi connectivity index (χ2n) is 7.74. The maximum atomic E-state index is 6.03. The van der Waals surface area contributed by atoms with E-state index in [1.54, 1.807) is 0 Å². The van der Waals surface area contributed by atoms with E-state index in [0.717, 1.165) is 37.2 Å². The lowest BCUT2D eigenvalue weighted by Crippen LogP contribution is -2.43. The normalized spacial score (nSPS) is 24.1. The van der Waals surface area contributed by atoms with Crippen LogP contribution in [0, 0.1) is 0 Å². The molecular weight excluding hydrogens is 344 g/mol. The van der Waals surface area contributed by atoms with Crippen molar-refractivity contribution in [1.82, 2.24) is 19.7 Å². The zero-order valence-corrected chi connectivity index (χ0v) is 15.9. The first kappa shape index (κ1) is 16.8. The third kappa shape index (κ3) is 3.82. The van der Waals surface area contributed by atoms with Gasteiger partial charge in [0.2, 0.25) is 0 Å². The lowest BCUT2D eigenvalue weighted by atomic mass is 10.2. The van der Waals surface area contributed by atoms with Crippen molar-refractivity contribution in [2.24, 2.45) is 0 Å². The van der Waals surface area contributed by atoms with Crippen molar-refractivity contribution >= 4 is 11.8 Å².